The topological polar surface area (TPSA) is 17.8 Å². The largest absolute Gasteiger partial charge is 0.316 e. The first-order chi connectivity index (χ1) is 15.3. The predicted molar refractivity (Wildman–Crippen MR) is 129 cm³/mol. The van der Waals surface area contributed by atoms with Crippen molar-refractivity contribution < 1.29 is 0 Å². The zero-order chi connectivity index (χ0) is 21.0. The van der Waals surface area contributed by atoms with Crippen LogP contribution in [-0.4, -0.2) is 9.55 Å². The van der Waals surface area contributed by atoms with Gasteiger partial charge in [-0.3, -0.25) is 0 Å². The lowest BCUT2D eigenvalue weighted by molar-refractivity contribution is 0.652. The van der Waals surface area contributed by atoms with Crippen molar-refractivity contribution in [3.05, 3.63) is 127 Å². The van der Waals surface area contributed by atoms with Crippen LogP contribution in [0.5, 0.6) is 0 Å². The maximum atomic E-state index is 5.24. The van der Waals surface area contributed by atoms with E-state index in [0.29, 0.717) is 0 Å². The van der Waals surface area contributed by atoms with Crippen LogP contribution in [0.1, 0.15) is 18.5 Å². The van der Waals surface area contributed by atoms with E-state index >= 15 is 0 Å². The molecule has 0 aliphatic carbocycles. The van der Waals surface area contributed by atoms with Crippen LogP contribution in [0, 0.1) is 0 Å². The van der Waals surface area contributed by atoms with E-state index < -0.39 is 0 Å². The van der Waals surface area contributed by atoms with Crippen LogP contribution in [-0.2, 0) is 0 Å². The number of nitrogens with zero attached hydrogens (tertiary/aromatic N) is 2. The van der Waals surface area contributed by atoms with Gasteiger partial charge in [0.15, 0.2) is 0 Å². The molecule has 0 saturated carbocycles. The van der Waals surface area contributed by atoms with Gasteiger partial charge in [0.2, 0.25) is 0 Å². The second-order valence-corrected chi connectivity index (χ2v) is 7.69. The van der Waals surface area contributed by atoms with Crippen LogP contribution in [0.25, 0.3) is 33.9 Å². The van der Waals surface area contributed by atoms with Gasteiger partial charge in [-0.2, -0.15) is 0 Å². The molecule has 1 atom stereocenters. The van der Waals surface area contributed by atoms with Crippen LogP contribution in [0.15, 0.2) is 121 Å². The molecule has 0 aliphatic rings. The third-order valence-electron chi connectivity index (χ3n) is 5.71. The number of imidazole rings is 1. The molecule has 0 radical (unpaired) electrons. The average molecular weight is 401 g/mol. The molecule has 5 aromatic rings. The summed E-state index contributed by atoms with van der Waals surface area (Å²) in [4.78, 5) is 5.24. The summed E-state index contributed by atoms with van der Waals surface area (Å²) in [5, 5.41) is 0. The minimum absolute atomic E-state index is 0.122. The molecular formula is C29H24N2. The first-order valence-electron chi connectivity index (χ1n) is 10.7. The molecule has 1 heterocycles. The first-order valence-corrected chi connectivity index (χ1v) is 10.7. The third kappa shape index (κ3) is 3.69. The van der Waals surface area contributed by atoms with Crippen LogP contribution in [0.4, 0.5) is 0 Å². The molecule has 150 valence electrons. The Balaban J connectivity index is 1.84. The van der Waals surface area contributed by atoms with Gasteiger partial charge < -0.3 is 4.57 Å². The fraction of sp³-hybridized carbons (Fsp3) is 0.0690. The molecule has 0 amide bonds. The van der Waals surface area contributed by atoms with Crippen LogP contribution < -0.4 is 0 Å². The monoisotopic (exact) mass is 400 g/mol. The highest BCUT2D eigenvalue weighted by molar-refractivity contribution is 5.82. The summed E-state index contributed by atoms with van der Waals surface area (Å²) in [6, 6.07) is 42.3. The lowest BCUT2D eigenvalue weighted by atomic mass is 10.0. The second-order valence-electron chi connectivity index (χ2n) is 7.69. The van der Waals surface area contributed by atoms with Crippen molar-refractivity contribution in [3.8, 4) is 33.9 Å². The van der Waals surface area contributed by atoms with Crippen LogP contribution in [0.2, 0.25) is 0 Å². The SMILES string of the molecule is CC(c1ccccc1)n1c(-c2ccccc2)nc(-c2ccccc2)c1-c1ccccc1. The smallest absolute Gasteiger partial charge is 0.141 e. The fourth-order valence-electron chi connectivity index (χ4n) is 4.15. The van der Waals surface area contributed by atoms with Gasteiger partial charge in [-0.1, -0.05) is 121 Å². The lowest BCUT2D eigenvalue weighted by Crippen LogP contribution is -2.10. The van der Waals surface area contributed by atoms with Gasteiger partial charge in [0, 0.05) is 16.7 Å². The number of aromatic nitrogens is 2. The Hall–Kier alpha value is -3.91. The summed E-state index contributed by atoms with van der Waals surface area (Å²) in [5.74, 6) is 0.981. The molecule has 4 aromatic carbocycles. The molecule has 0 bridgehead atoms. The van der Waals surface area contributed by atoms with Gasteiger partial charge in [-0.05, 0) is 12.5 Å². The first kappa shape index (κ1) is 19.1. The van der Waals surface area contributed by atoms with E-state index in [1.54, 1.807) is 0 Å². The average Bonchev–Trinajstić information content (AvgIpc) is 3.26. The van der Waals surface area contributed by atoms with E-state index in [-0.39, 0.29) is 6.04 Å². The predicted octanol–water partition coefficient (Wildman–Crippen LogP) is 7.49. The van der Waals surface area contributed by atoms with Gasteiger partial charge in [0.05, 0.1) is 17.4 Å². The lowest BCUT2D eigenvalue weighted by Gasteiger charge is -2.21. The minimum Gasteiger partial charge on any atom is -0.316 e. The number of benzene rings is 4. The van der Waals surface area contributed by atoms with Gasteiger partial charge in [0.25, 0.3) is 0 Å². The summed E-state index contributed by atoms with van der Waals surface area (Å²) in [6.45, 7) is 2.25. The minimum atomic E-state index is 0.122. The molecule has 2 nitrogen and oxygen atoms in total. The molecule has 5 rings (SSSR count). The third-order valence-corrected chi connectivity index (χ3v) is 5.71. The normalized spacial score (nSPS) is 11.9. The van der Waals surface area contributed by atoms with Crippen molar-refractivity contribution in [1.82, 2.24) is 9.55 Å². The second kappa shape index (κ2) is 8.45. The van der Waals surface area contributed by atoms with Crippen molar-refractivity contribution in [1.29, 1.82) is 0 Å². The molecule has 1 unspecified atom stereocenters. The number of hydrogen-bond donors (Lipinski definition) is 0. The molecule has 0 spiro atoms. The van der Waals surface area contributed by atoms with E-state index in [1.165, 1.54) is 11.1 Å². The van der Waals surface area contributed by atoms with Crippen molar-refractivity contribution in [2.24, 2.45) is 0 Å². The molecule has 0 aliphatic heterocycles. The summed E-state index contributed by atoms with van der Waals surface area (Å²) in [5.41, 5.74) is 6.81. The Morgan fingerprint density at radius 1 is 0.548 bits per heavy atom. The van der Waals surface area contributed by atoms with E-state index in [4.69, 9.17) is 4.98 Å². The summed E-state index contributed by atoms with van der Waals surface area (Å²) < 4.78 is 2.39. The Morgan fingerprint density at radius 2 is 1.00 bits per heavy atom. The number of hydrogen-bond acceptors (Lipinski definition) is 1. The fourth-order valence-corrected chi connectivity index (χ4v) is 4.15. The van der Waals surface area contributed by atoms with Crippen LogP contribution in [0.3, 0.4) is 0 Å². The van der Waals surface area contributed by atoms with Crippen molar-refractivity contribution in [2.75, 3.05) is 0 Å². The Morgan fingerprint density at radius 3 is 1.55 bits per heavy atom. The zero-order valence-electron chi connectivity index (χ0n) is 17.5. The molecule has 1 aromatic heterocycles. The number of rotatable bonds is 5. The zero-order valence-corrected chi connectivity index (χ0v) is 17.5. The van der Waals surface area contributed by atoms with E-state index in [0.717, 1.165) is 28.3 Å². The van der Waals surface area contributed by atoms with Crippen molar-refractivity contribution in [3.63, 3.8) is 0 Å². The molecule has 31 heavy (non-hydrogen) atoms. The van der Waals surface area contributed by atoms with Crippen molar-refractivity contribution in [2.45, 2.75) is 13.0 Å². The standard InChI is InChI=1S/C29H24N2/c1-22(23-14-6-2-7-15-23)31-28(25-18-10-4-11-19-25)27(24-16-8-3-9-17-24)30-29(31)26-20-12-5-13-21-26/h2-22H,1H3. The summed E-state index contributed by atoms with van der Waals surface area (Å²) in [7, 11) is 0. The van der Waals surface area contributed by atoms with Gasteiger partial charge in [-0.25, -0.2) is 4.98 Å². The maximum Gasteiger partial charge on any atom is 0.141 e. The quantitative estimate of drug-likeness (QED) is 0.299. The van der Waals surface area contributed by atoms with E-state index in [1.807, 2.05) is 12.1 Å². The highest BCUT2D eigenvalue weighted by Gasteiger charge is 2.24. The summed E-state index contributed by atoms with van der Waals surface area (Å²) >= 11 is 0. The molecule has 2 heteroatoms. The van der Waals surface area contributed by atoms with Gasteiger partial charge in [0.1, 0.15) is 5.82 Å². The Labute approximate surface area is 183 Å². The maximum absolute atomic E-state index is 5.24. The Kier molecular flexibility index (Phi) is 5.20. The van der Waals surface area contributed by atoms with Crippen molar-refractivity contribution >= 4 is 0 Å². The van der Waals surface area contributed by atoms with Crippen LogP contribution >= 0.6 is 0 Å². The van der Waals surface area contributed by atoms with Gasteiger partial charge >= 0.3 is 0 Å². The molecule has 0 saturated heterocycles. The summed E-state index contributed by atoms with van der Waals surface area (Å²) in [6.07, 6.45) is 0. The Bertz CT molecular complexity index is 1260. The molecular weight excluding hydrogens is 376 g/mol. The highest BCUT2D eigenvalue weighted by Crippen LogP contribution is 2.39. The molecule has 0 N–H and O–H groups in total. The van der Waals surface area contributed by atoms with E-state index in [2.05, 4.69) is 121 Å². The molecule has 0 fully saturated rings. The van der Waals surface area contributed by atoms with Gasteiger partial charge in [-0.15, -0.1) is 0 Å². The van der Waals surface area contributed by atoms with E-state index in [9.17, 15) is 0 Å². The highest BCUT2D eigenvalue weighted by atomic mass is 15.1.